The predicted molar refractivity (Wildman–Crippen MR) is 159 cm³/mol. The first-order chi connectivity index (χ1) is 19.5. The fraction of sp³-hybridized carbons (Fsp3) is 0.200. The van der Waals surface area contributed by atoms with Crippen molar-refractivity contribution in [2.24, 2.45) is 0 Å². The van der Waals surface area contributed by atoms with Gasteiger partial charge >= 0.3 is 0 Å². The Labute approximate surface area is 239 Å². The molecular weight excluding hydrogens is 544 g/mol. The molecule has 200 valence electrons. The molecule has 5 heterocycles. The highest BCUT2D eigenvalue weighted by Crippen LogP contribution is 2.38. The molecule has 0 unspecified atom stereocenters. The van der Waals surface area contributed by atoms with Crippen LogP contribution >= 0.6 is 24.0 Å². The zero-order valence-electron chi connectivity index (χ0n) is 21.6. The molecule has 4 aromatic rings. The molecule has 0 aliphatic carbocycles. The molecule has 3 aliphatic rings. The second kappa shape index (κ2) is 9.79. The largest absolute Gasteiger partial charge is 0.454 e. The number of nitrogens with zero attached hydrogens (tertiary/aromatic N) is 4. The van der Waals surface area contributed by atoms with Gasteiger partial charge < -0.3 is 14.4 Å². The summed E-state index contributed by atoms with van der Waals surface area (Å²) in [4.78, 5) is 36.6. The summed E-state index contributed by atoms with van der Waals surface area (Å²) in [6, 6.07) is 17.6. The Hall–Kier alpha value is -4.15. The average molecular weight is 569 g/mol. The van der Waals surface area contributed by atoms with Crippen LogP contribution in [0.5, 0.6) is 11.5 Å². The van der Waals surface area contributed by atoms with Crippen LogP contribution in [0.25, 0.3) is 11.7 Å². The highest BCUT2D eigenvalue weighted by atomic mass is 32.2. The maximum absolute atomic E-state index is 14.0. The normalized spacial score (nSPS) is 17.3. The summed E-state index contributed by atoms with van der Waals surface area (Å²) in [5.74, 6) is 1.63. The lowest BCUT2D eigenvalue weighted by atomic mass is 10.0. The summed E-state index contributed by atoms with van der Waals surface area (Å²) in [6.45, 7) is 3.12. The van der Waals surface area contributed by atoms with Crippen LogP contribution in [0.2, 0.25) is 0 Å². The number of para-hydroxylation sites is 1. The van der Waals surface area contributed by atoms with Crippen LogP contribution in [0, 0.1) is 6.92 Å². The zero-order chi connectivity index (χ0) is 27.4. The van der Waals surface area contributed by atoms with Gasteiger partial charge in [0, 0.05) is 18.4 Å². The molecule has 2 aromatic carbocycles. The van der Waals surface area contributed by atoms with Crippen molar-refractivity contribution < 1.29 is 14.3 Å². The van der Waals surface area contributed by atoms with Crippen molar-refractivity contribution in [2.45, 2.75) is 26.3 Å². The maximum Gasteiger partial charge on any atom is 0.267 e. The topological polar surface area (TPSA) is 76.4 Å². The van der Waals surface area contributed by atoms with Gasteiger partial charge in [-0.05, 0) is 66.8 Å². The molecule has 0 saturated carbocycles. The number of hydrogen-bond acceptors (Lipinski definition) is 8. The number of benzene rings is 2. The van der Waals surface area contributed by atoms with Crippen molar-refractivity contribution in [2.75, 3.05) is 18.2 Å². The Morgan fingerprint density at radius 1 is 1.07 bits per heavy atom. The third kappa shape index (κ3) is 4.24. The summed E-state index contributed by atoms with van der Waals surface area (Å²) in [5.41, 5.74) is 4.74. The van der Waals surface area contributed by atoms with E-state index < -0.39 is 0 Å². The number of fused-ring (bicyclic) bond motifs is 3. The molecule has 0 N–H and O–H groups in total. The van der Waals surface area contributed by atoms with Crippen LogP contribution in [-0.2, 0) is 17.8 Å². The standard InChI is InChI=1S/C30H24N4O4S2/c1-18-8-11-26-31-27(32-12-4-6-20-5-2-3-7-22(20)32)21(28(35)33(26)15-18)14-25-29(36)34(30(39)40-25)16-19-9-10-23-24(13-19)38-17-37-23/h2-3,5,7-11,13-15H,4,6,12,16-17H2,1H3. The number of thiocarbonyl (C=S) groups is 1. The molecule has 0 radical (unpaired) electrons. The smallest absolute Gasteiger partial charge is 0.267 e. The summed E-state index contributed by atoms with van der Waals surface area (Å²) in [5, 5.41) is 0. The van der Waals surface area contributed by atoms with Gasteiger partial charge in [-0.2, -0.15) is 0 Å². The van der Waals surface area contributed by atoms with Gasteiger partial charge in [-0.15, -0.1) is 0 Å². The minimum atomic E-state index is -0.244. The quantitative estimate of drug-likeness (QED) is 0.245. The SMILES string of the molecule is Cc1ccc2nc(N3CCCc4ccccc43)c(C=C3SC(=S)N(Cc4ccc5c(c4)OCO5)C3=O)c(=O)n2c1. The zero-order valence-corrected chi connectivity index (χ0v) is 23.3. The first kappa shape index (κ1) is 24.9. The fourth-order valence-corrected chi connectivity index (χ4v) is 6.56. The number of anilines is 2. The van der Waals surface area contributed by atoms with E-state index in [1.165, 1.54) is 17.3 Å². The number of rotatable bonds is 4. The van der Waals surface area contributed by atoms with Gasteiger partial charge in [-0.1, -0.05) is 54.3 Å². The van der Waals surface area contributed by atoms with Gasteiger partial charge in [0.25, 0.3) is 11.5 Å². The molecule has 10 heteroatoms. The highest BCUT2D eigenvalue weighted by Gasteiger charge is 2.34. The Balaban J connectivity index is 1.31. The Bertz CT molecular complexity index is 1820. The summed E-state index contributed by atoms with van der Waals surface area (Å²) >= 11 is 6.81. The van der Waals surface area contributed by atoms with Crippen molar-refractivity contribution in [3.63, 3.8) is 0 Å². The molecule has 0 atom stereocenters. The van der Waals surface area contributed by atoms with Crippen molar-refractivity contribution in [1.29, 1.82) is 0 Å². The van der Waals surface area contributed by atoms with Crippen LogP contribution in [0.3, 0.4) is 0 Å². The molecule has 1 fully saturated rings. The Morgan fingerprint density at radius 3 is 2.83 bits per heavy atom. The third-order valence-corrected chi connectivity index (χ3v) is 8.66. The van der Waals surface area contributed by atoms with E-state index in [0.717, 1.165) is 36.2 Å². The van der Waals surface area contributed by atoms with Gasteiger partial charge in [-0.25, -0.2) is 4.98 Å². The number of carbonyl (C=O) groups is 1. The molecule has 1 amide bonds. The lowest BCUT2D eigenvalue weighted by molar-refractivity contribution is -0.122. The van der Waals surface area contributed by atoms with E-state index in [2.05, 4.69) is 17.0 Å². The summed E-state index contributed by atoms with van der Waals surface area (Å²) < 4.78 is 12.9. The van der Waals surface area contributed by atoms with E-state index >= 15 is 0 Å². The Kier molecular flexibility index (Phi) is 6.09. The minimum Gasteiger partial charge on any atom is -0.454 e. The lowest BCUT2D eigenvalue weighted by Crippen LogP contribution is -2.30. The molecule has 3 aliphatic heterocycles. The van der Waals surface area contributed by atoms with E-state index in [0.29, 0.717) is 44.3 Å². The van der Waals surface area contributed by atoms with E-state index in [-0.39, 0.29) is 18.3 Å². The second-order valence-electron chi connectivity index (χ2n) is 9.93. The predicted octanol–water partition coefficient (Wildman–Crippen LogP) is 5.22. The number of thioether (sulfide) groups is 1. The summed E-state index contributed by atoms with van der Waals surface area (Å²) in [6.07, 6.45) is 5.34. The molecule has 40 heavy (non-hydrogen) atoms. The molecule has 2 aromatic heterocycles. The van der Waals surface area contributed by atoms with Crippen LogP contribution < -0.4 is 19.9 Å². The minimum absolute atomic E-state index is 0.182. The molecule has 1 saturated heterocycles. The average Bonchev–Trinajstić information content (AvgIpc) is 3.54. The van der Waals surface area contributed by atoms with Gasteiger partial charge in [-0.3, -0.25) is 18.9 Å². The number of hydrogen-bond donors (Lipinski definition) is 0. The van der Waals surface area contributed by atoms with Gasteiger partial charge in [0.15, 0.2) is 11.5 Å². The molecular formula is C30H24N4O4S2. The van der Waals surface area contributed by atoms with Crippen LogP contribution in [0.1, 0.15) is 28.7 Å². The molecule has 7 rings (SSSR count). The number of carbonyl (C=O) groups excluding carboxylic acids is 1. The monoisotopic (exact) mass is 568 g/mol. The van der Waals surface area contributed by atoms with Crippen LogP contribution in [0.4, 0.5) is 11.5 Å². The number of ether oxygens (including phenoxy) is 2. The van der Waals surface area contributed by atoms with E-state index in [1.54, 1.807) is 21.6 Å². The first-order valence-corrected chi connectivity index (χ1v) is 14.2. The molecule has 0 spiro atoms. The second-order valence-corrected chi connectivity index (χ2v) is 11.6. The van der Waals surface area contributed by atoms with Crippen molar-refractivity contribution >= 4 is 57.4 Å². The van der Waals surface area contributed by atoms with Gasteiger partial charge in [0.1, 0.15) is 15.8 Å². The van der Waals surface area contributed by atoms with Gasteiger partial charge in [0.05, 0.1) is 17.0 Å². The molecule has 0 bridgehead atoms. The fourth-order valence-electron chi connectivity index (χ4n) is 5.32. The number of amides is 1. The van der Waals surface area contributed by atoms with Gasteiger partial charge in [0.2, 0.25) is 6.79 Å². The van der Waals surface area contributed by atoms with Crippen LogP contribution in [-0.4, -0.2) is 37.8 Å². The van der Waals surface area contributed by atoms with E-state index in [4.69, 9.17) is 26.7 Å². The maximum atomic E-state index is 14.0. The van der Waals surface area contributed by atoms with E-state index in [9.17, 15) is 9.59 Å². The first-order valence-electron chi connectivity index (χ1n) is 13.0. The summed E-state index contributed by atoms with van der Waals surface area (Å²) in [7, 11) is 0. The highest BCUT2D eigenvalue weighted by molar-refractivity contribution is 8.26. The van der Waals surface area contributed by atoms with Crippen molar-refractivity contribution in [3.05, 3.63) is 98.3 Å². The van der Waals surface area contributed by atoms with Crippen LogP contribution in [0.15, 0.2) is 70.5 Å². The lowest BCUT2D eigenvalue weighted by Gasteiger charge is -2.31. The Morgan fingerprint density at radius 2 is 1.93 bits per heavy atom. The van der Waals surface area contributed by atoms with E-state index in [1.807, 2.05) is 49.4 Å². The van der Waals surface area contributed by atoms with Crippen molar-refractivity contribution in [1.82, 2.24) is 14.3 Å². The molecule has 8 nitrogen and oxygen atoms in total. The number of pyridine rings is 1. The third-order valence-electron chi connectivity index (χ3n) is 7.28. The number of aromatic nitrogens is 2. The van der Waals surface area contributed by atoms with Crippen molar-refractivity contribution in [3.8, 4) is 11.5 Å². The number of aryl methyl sites for hydroxylation is 2.